The smallest absolute Gasteiger partial charge is 0.314 e. The average Bonchev–Trinajstić information content (AvgIpc) is 1.65. The van der Waals surface area contributed by atoms with E-state index in [1.807, 2.05) is 9.47 Å². The summed E-state index contributed by atoms with van der Waals surface area (Å²) in [6.07, 6.45) is 0. The van der Waals surface area contributed by atoms with E-state index in [1.54, 1.807) is 0 Å². The van der Waals surface area contributed by atoms with Gasteiger partial charge in [0.05, 0.1) is 0 Å². The normalized spacial score (nSPS) is 14.3. The van der Waals surface area contributed by atoms with E-state index < -0.39 is 8.25 Å². The van der Waals surface area contributed by atoms with Crippen molar-refractivity contribution in [2.75, 3.05) is 7.11 Å². The van der Waals surface area contributed by atoms with Gasteiger partial charge in [-0.1, -0.05) is 0 Å². The first-order valence-corrected chi connectivity index (χ1v) is 2.95. The van der Waals surface area contributed by atoms with Crippen molar-refractivity contribution in [1.29, 1.82) is 0 Å². The summed E-state index contributed by atoms with van der Waals surface area (Å²) in [6.45, 7) is 0. The molecule has 0 aromatic heterocycles. The maximum atomic E-state index is 9.90. The molecular formula is CH6O3P2. The molecule has 0 aliphatic carbocycles. The van der Waals surface area contributed by atoms with Gasteiger partial charge in [0.1, 0.15) is 0 Å². The molecule has 3 nitrogen and oxygen atoms in total. The lowest BCUT2D eigenvalue weighted by molar-refractivity contribution is 0.362. The molecule has 0 aliphatic heterocycles. The van der Waals surface area contributed by atoms with Crippen molar-refractivity contribution in [1.82, 2.24) is 0 Å². The fourth-order valence-electron chi connectivity index (χ4n) is 0.0481. The summed E-state index contributed by atoms with van der Waals surface area (Å²) in [5.41, 5.74) is 0. The van der Waals surface area contributed by atoms with E-state index in [0.29, 0.717) is 0 Å². The van der Waals surface area contributed by atoms with Crippen LogP contribution in [-0.4, -0.2) is 7.11 Å². The minimum absolute atomic E-state index is 1.32. The van der Waals surface area contributed by atoms with Crippen molar-refractivity contribution in [2.45, 2.75) is 0 Å². The molecule has 5 heteroatoms. The van der Waals surface area contributed by atoms with E-state index in [-0.39, 0.29) is 0 Å². The molecule has 0 saturated heterocycles. The Morgan fingerprint density at radius 2 is 2.33 bits per heavy atom. The van der Waals surface area contributed by atoms with Crippen molar-refractivity contribution in [3.63, 3.8) is 0 Å². The van der Waals surface area contributed by atoms with Crippen LogP contribution in [0.25, 0.3) is 0 Å². The SMILES string of the molecule is CO[PH](=O)OP. The maximum Gasteiger partial charge on any atom is 0.321 e. The molecule has 0 rings (SSSR count). The molecule has 6 heavy (non-hydrogen) atoms. The molecule has 0 spiro atoms. The van der Waals surface area contributed by atoms with Crippen LogP contribution in [-0.2, 0) is 13.4 Å². The van der Waals surface area contributed by atoms with Crippen LogP contribution in [0.4, 0.5) is 0 Å². The van der Waals surface area contributed by atoms with E-state index in [2.05, 4.69) is 8.83 Å². The number of rotatable bonds is 2. The van der Waals surface area contributed by atoms with Crippen LogP contribution < -0.4 is 0 Å². The Hall–Kier alpha value is 0.580. The summed E-state index contributed by atoms with van der Waals surface area (Å²) in [7, 11) is 1.02. The molecule has 38 valence electrons. The fraction of sp³-hybridized carbons (Fsp3) is 1.00. The van der Waals surface area contributed by atoms with Gasteiger partial charge in [0.25, 0.3) is 0 Å². The third kappa shape index (κ3) is 2.80. The molecule has 2 unspecified atom stereocenters. The molecule has 2 atom stereocenters. The predicted molar refractivity (Wildman–Crippen MR) is 26.8 cm³/mol. The van der Waals surface area contributed by atoms with E-state index in [4.69, 9.17) is 0 Å². The Morgan fingerprint density at radius 3 is 2.33 bits per heavy atom. The van der Waals surface area contributed by atoms with Gasteiger partial charge in [-0.3, -0.25) is 8.88 Å². The first kappa shape index (κ1) is 6.58. The minimum Gasteiger partial charge on any atom is -0.314 e. The zero-order valence-corrected chi connectivity index (χ0v) is 5.46. The van der Waals surface area contributed by atoms with Crippen molar-refractivity contribution in [3.05, 3.63) is 0 Å². The van der Waals surface area contributed by atoms with Crippen LogP contribution in [0.3, 0.4) is 0 Å². The lowest BCUT2D eigenvalue weighted by Crippen LogP contribution is -1.60. The van der Waals surface area contributed by atoms with Gasteiger partial charge in [-0.05, 0) is 0 Å². The first-order valence-electron chi connectivity index (χ1n) is 1.26. The molecule has 0 fully saturated rings. The highest BCUT2D eigenvalue weighted by Crippen LogP contribution is 2.24. The zero-order valence-electron chi connectivity index (χ0n) is 3.30. The maximum absolute atomic E-state index is 9.90. The topological polar surface area (TPSA) is 35.5 Å². The van der Waals surface area contributed by atoms with Gasteiger partial charge in [-0.2, -0.15) is 0 Å². The quantitative estimate of drug-likeness (QED) is 0.516. The van der Waals surface area contributed by atoms with Crippen molar-refractivity contribution in [3.8, 4) is 0 Å². The molecule has 0 saturated carbocycles. The average molecular weight is 128 g/mol. The summed E-state index contributed by atoms with van der Waals surface area (Å²) in [5.74, 6) is 0. The van der Waals surface area contributed by atoms with Gasteiger partial charge in [-0.25, -0.2) is 0 Å². The first-order chi connectivity index (χ1) is 2.81. The number of hydrogen-bond acceptors (Lipinski definition) is 3. The van der Waals surface area contributed by atoms with Gasteiger partial charge in [-0.15, -0.1) is 0 Å². The van der Waals surface area contributed by atoms with Gasteiger partial charge >= 0.3 is 8.25 Å². The van der Waals surface area contributed by atoms with Gasteiger partial charge < -0.3 is 4.52 Å². The second-order valence-corrected chi connectivity index (χ2v) is 2.42. The zero-order chi connectivity index (χ0) is 4.99. The van der Waals surface area contributed by atoms with E-state index in [1.165, 1.54) is 7.11 Å². The number of hydrogen-bond donors (Lipinski definition) is 0. The molecule has 0 aromatic rings. The van der Waals surface area contributed by atoms with E-state index in [0.717, 1.165) is 0 Å². The fourth-order valence-corrected chi connectivity index (χ4v) is 0.433. The molecule has 0 aromatic carbocycles. The third-order valence-electron chi connectivity index (χ3n) is 0.263. The Balaban J connectivity index is 2.99. The highest BCUT2D eigenvalue weighted by atomic mass is 31.2. The summed E-state index contributed by atoms with van der Waals surface area (Å²) < 4.78 is 18.2. The lowest BCUT2D eigenvalue weighted by Gasteiger charge is -1.88. The molecule has 0 amide bonds. The molecule has 0 N–H and O–H groups in total. The summed E-state index contributed by atoms with van der Waals surface area (Å²) in [5, 5.41) is 0. The van der Waals surface area contributed by atoms with Gasteiger partial charge in [0.2, 0.25) is 0 Å². The molecule has 0 bridgehead atoms. The monoisotopic (exact) mass is 128 g/mol. The molecule has 0 radical (unpaired) electrons. The minimum atomic E-state index is -2.16. The van der Waals surface area contributed by atoms with Gasteiger partial charge in [0.15, 0.2) is 0 Å². The Bertz CT molecular complexity index is 46.8. The van der Waals surface area contributed by atoms with Crippen molar-refractivity contribution >= 4 is 17.7 Å². The highest BCUT2D eigenvalue weighted by molar-refractivity contribution is 7.40. The predicted octanol–water partition coefficient (Wildman–Crippen LogP) is 0.829. The van der Waals surface area contributed by atoms with Crippen LogP contribution in [0.2, 0.25) is 0 Å². The largest absolute Gasteiger partial charge is 0.321 e. The Labute approximate surface area is 39.3 Å². The summed E-state index contributed by atoms with van der Waals surface area (Å²) in [6, 6.07) is 0. The highest BCUT2D eigenvalue weighted by Gasteiger charge is 1.83. The molecular weight excluding hydrogens is 122 g/mol. The second kappa shape index (κ2) is 3.76. The summed E-state index contributed by atoms with van der Waals surface area (Å²) >= 11 is 0. The third-order valence-corrected chi connectivity index (χ3v) is 1.37. The van der Waals surface area contributed by atoms with Crippen LogP contribution in [0.1, 0.15) is 0 Å². The lowest BCUT2D eigenvalue weighted by atomic mass is 11.8. The molecule has 0 heterocycles. The van der Waals surface area contributed by atoms with Crippen LogP contribution in [0.15, 0.2) is 0 Å². The van der Waals surface area contributed by atoms with E-state index in [9.17, 15) is 4.57 Å². The van der Waals surface area contributed by atoms with Crippen LogP contribution in [0, 0.1) is 0 Å². The van der Waals surface area contributed by atoms with Crippen molar-refractivity contribution < 1.29 is 13.4 Å². The van der Waals surface area contributed by atoms with Crippen LogP contribution in [0.5, 0.6) is 0 Å². The van der Waals surface area contributed by atoms with Crippen molar-refractivity contribution in [2.24, 2.45) is 0 Å². The summed E-state index contributed by atoms with van der Waals surface area (Å²) in [4.78, 5) is 0. The Kier molecular flexibility index (Phi) is 4.12. The Morgan fingerprint density at radius 1 is 1.83 bits per heavy atom. The second-order valence-electron chi connectivity index (χ2n) is 0.572. The van der Waals surface area contributed by atoms with Crippen LogP contribution >= 0.6 is 17.7 Å². The molecule has 0 aliphatic rings. The van der Waals surface area contributed by atoms with E-state index >= 15 is 0 Å². The standard InChI is InChI=1S/CH6O3P2/c1-3-6(2)4-5/h6H,5H2,1H3. The van der Waals surface area contributed by atoms with Gasteiger partial charge in [0, 0.05) is 16.6 Å².